The van der Waals surface area contributed by atoms with Crippen LogP contribution < -0.4 is 0 Å². The highest BCUT2D eigenvalue weighted by Crippen LogP contribution is 2.58. The van der Waals surface area contributed by atoms with Crippen LogP contribution in [-0.2, 0) is 9.53 Å². The van der Waals surface area contributed by atoms with Crippen LogP contribution in [0.15, 0.2) is 0 Å². The number of hydrogen-bond acceptors (Lipinski definition) is 3. The second-order valence-corrected chi connectivity index (χ2v) is 6.09. The van der Waals surface area contributed by atoms with E-state index >= 15 is 0 Å². The van der Waals surface area contributed by atoms with E-state index in [2.05, 4.69) is 0 Å². The lowest BCUT2D eigenvalue weighted by atomic mass is 9.78. The van der Waals surface area contributed by atoms with Crippen molar-refractivity contribution in [2.75, 3.05) is 6.61 Å². The fourth-order valence-electron chi connectivity index (χ4n) is 3.56. The van der Waals surface area contributed by atoms with Gasteiger partial charge in [0.15, 0.2) is 0 Å². The lowest BCUT2D eigenvalue weighted by molar-refractivity contribution is -0.147. The van der Waals surface area contributed by atoms with Gasteiger partial charge < -0.3 is 9.84 Å². The molecule has 0 aromatic rings. The summed E-state index contributed by atoms with van der Waals surface area (Å²) in [5.41, 5.74) is -0.0390. The minimum Gasteiger partial charge on any atom is -0.466 e. The van der Waals surface area contributed by atoms with Gasteiger partial charge in [0.2, 0.25) is 0 Å². The molecule has 2 aliphatic rings. The molecule has 0 aliphatic heterocycles. The zero-order valence-electron chi connectivity index (χ0n) is 11.0. The molecular weight excluding hydrogens is 216 g/mol. The Morgan fingerprint density at radius 2 is 2.00 bits per heavy atom. The highest BCUT2D eigenvalue weighted by Gasteiger charge is 2.52. The highest BCUT2D eigenvalue weighted by atomic mass is 16.5. The van der Waals surface area contributed by atoms with Gasteiger partial charge in [-0.05, 0) is 57.3 Å². The predicted molar refractivity (Wildman–Crippen MR) is 65.5 cm³/mol. The molecule has 0 spiro atoms. The van der Waals surface area contributed by atoms with Crippen LogP contribution in [0.3, 0.4) is 0 Å². The quantitative estimate of drug-likeness (QED) is 0.751. The maximum absolute atomic E-state index is 11.5. The lowest BCUT2D eigenvalue weighted by Crippen LogP contribution is -2.20. The number of ether oxygens (including phenoxy) is 1. The molecular formula is C14H24O3. The highest BCUT2D eigenvalue weighted by molar-refractivity contribution is 5.71. The molecule has 1 atom stereocenters. The lowest BCUT2D eigenvalue weighted by Gasteiger charge is -2.27. The number of fused-ring (bicyclic) bond motifs is 2. The van der Waals surface area contributed by atoms with Crippen molar-refractivity contribution in [1.82, 2.24) is 0 Å². The topological polar surface area (TPSA) is 46.5 Å². The third kappa shape index (κ3) is 2.65. The van der Waals surface area contributed by atoms with E-state index in [1.54, 1.807) is 0 Å². The van der Waals surface area contributed by atoms with Crippen molar-refractivity contribution in [2.45, 2.75) is 64.4 Å². The van der Waals surface area contributed by atoms with Crippen LogP contribution >= 0.6 is 0 Å². The Balaban J connectivity index is 1.81. The molecule has 2 fully saturated rings. The number of carbonyl (C=O) groups excluding carboxylic acids is 1. The van der Waals surface area contributed by atoms with Gasteiger partial charge in [0.1, 0.15) is 0 Å². The van der Waals surface area contributed by atoms with Gasteiger partial charge >= 0.3 is 5.97 Å². The van der Waals surface area contributed by atoms with Crippen molar-refractivity contribution in [3.05, 3.63) is 0 Å². The van der Waals surface area contributed by atoms with E-state index in [0.29, 0.717) is 12.0 Å². The molecule has 0 aromatic carbocycles. The normalized spacial score (nSPS) is 37.1. The zero-order chi connectivity index (χ0) is 12.5. The van der Waals surface area contributed by atoms with Gasteiger partial charge in [-0.2, -0.15) is 0 Å². The van der Waals surface area contributed by atoms with Crippen molar-refractivity contribution in [2.24, 2.45) is 11.3 Å². The summed E-state index contributed by atoms with van der Waals surface area (Å²) in [5.74, 6) is -0.0752. The van der Waals surface area contributed by atoms with Crippen molar-refractivity contribution in [1.29, 1.82) is 0 Å². The molecule has 1 unspecified atom stereocenters. The summed E-state index contributed by atoms with van der Waals surface area (Å²) in [5, 5.41) is 10.2. The minimum absolute atomic E-state index is 0.00128. The monoisotopic (exact) mass is 240 g/mol. The molecule has 2 aliphatic carbocycles. The average molecular weight is 240 g/mol. The maximum Gasteiger partial charge on any atom is 0.308 e. The molecule has 17 heavy (non-hydrogen) atoms. The van der Waals surface area contributed by atoms with E-state index in [0.717, 1.165) is 44.9 Å². The van der Waals surface area contributed by atoms with E-state index < -0.39 is 0 Å². The molecule has 3 heteroatoms. The van der Waals surface area contributed by atoms with Crippen molar-refractivity contribution in [3.8, 4) is 0 Å². The van der Waals surface area contributed by atoms with Gasteiger partial charge in [-0.1, -0.05) is 6.92 Å². The molecule has 1 N–H and O–H groups in total. The van der Waals surface area contributed by atoms with Crippen LogP contribution in [0.2, 0.25) is 0 Å². The summed E-state index contributed by atoms with van der Waals surface area (Å²) in [6.45, 7) is 4.26. The largest absolute Gasteiger partial charge is 0.466 e. The smallest absolute Gasteiger partial charge is 0.308 e. The van der Waals surface area contributed by atoms with Crippen LogP contribution in [0.4, 0.5) is 0 Å². The molecule has 3 nitrogen and oxygen atoms in total. The molecule has 0 aromatic heterocycles. The first-order chi connectivity index (χ1) is 7.99. The van der Waals surface area contributed by atoms with Crippen LogP contribution in [-0.4, -0.2) is 23.3 Å². The van der Waals surface area contributed by atoms with Gasteiger partial charge in [0.05, 0.1) is 18.1 Å². The van der Waals surface area contributed by atoms with Gasteiger partial charge in [0.25, 0.3) is 0 Å². The number of aliphatic hydroxyl groups is 1. The van der Waals surface area contributed by atoms with Crippen LogP contribution in [0.25, 0.3) is 0 Å². The number of carbonyl (C=O) groups is 1. The number of esters is 1. The molecule has 2 bridgehead atoms. The Kier molecular flexibility index (Phi) is 3.48. The molecule has 2 rings (SSSR count). The van der Waals surface area contributed by atoms with E-state index in [1.165, 1.54) is 0 Å². The van der Waals surface area contributed by atoms with Crippen LogP contribution in [0.5, 0.6) is 0 Å². The third-order valence-corrected chi connectivity index (χ3v) is 4.74. The number of rotatable bonds is 5. The molecule has 0 amide bonds. The Morgan fingerprint density at radius 3 is 2.47 bits per heavy atom. The maximum atomic E-state index is 11.5. The molecule has 0 saturated heterocycles. The molecule has 98 valence electrons. The Labute approximate surface area is 104 Å². The first kappa shape index (κ1) is 12.9. The summed E-state index contributed by atoms with van der Waals surface area (Å²) in [7, 11) is 0. The Bertz CT molecular complexity index is 290. The Hall–Kier alpha value is -0.570. The van der Waals surface area contributed by atoms with Gasteiger partial charge in [0, 0.05) is 0 Å². The van der Waals surface area contributed by atoms with Gasteiger partial charge in [-0.15, -0.1) is 0 Å². The van der Waals surface area contributed by atoms with Crippen molar-refractivity contribution >= 4 is 5.97 Å². The summed E-state index contributed by atoms with van der Waals surface area (Å²) >= 11 is 0. The summed E-state index contributed by atoms with van der Waals surface area (Å²) in [6.07, 6.45) is 7.11. The van der Waals surface area contributed by atoms with Crippen molar-refractivity contribution in [3.63, 3.8) is 0 Å². The second kappa shape index (κ2) is 4.60. The minimum atomic E-state index is -0.368. The van der Waals surface area contributed by atoms with Crippen molar-refractivity contribution < 1.29 is 14.6 Å². The first-order valence-corrected chi connectivity index (χ1v) is 6.88. The average Bonchev–Trinajstić information content (AvgIpc) is 2.80. The molecule has 0 radical (unpaired) electrons. The fraction of sp³-hybridized carbons (Fsp3) is 0.929. The Morgan fingerprint density at radius 1 is 1.35 bits per heavy atom. The molecule has 2 saturated carbocycles. The van der Waals surface area contributed by atoms with E-state index in [4.69, 9.17) is 4.74 Å². The van der Waals surface area contributed by atoms with E-state index in [-0.39, 0.29) is 17.5 Å². The second-order valence-electron chi connectivity index (χ2n) is 6.09. The predicted octanol–water partition coefficient (Wildman–Crippen LogP) is 2.66. The number of hydrogen-bond donors (Lipinski definition) is 1. The van der Waals surface area contributed by atoms with Gasteiger partial charge in [-0.25, -0.2) is 0 Å². The van der Waals surface area contributed by atoms with Crippen LogP contribution in [0.1, 0.15) is 58.8 Å². The summed E-state index contributed by atoms with van der Waals surface area (Å²) < 4.78 is 5.03. The van der Waals surface area contributed by atoms with E-state index in [1.807, 2.05) is 13.8 Å². The SMILES string of the molecule is CCOC(=O)C(C)CCC12CCC(O)(CC1)C2. The first-order valence-electron chi connectivity index (χ1n) is 6.88. The summed E-state index contributed by atoms with van der Waals surface area (Å²) in [4.78, 5) is 11.5. The van der Waals surface area contributed by atoms with E-state index in [9.17, 15) is 9.90 Å². The van der Waals surface area contributed by atoms with Gasteiger partial charge in [-0.3, -0.25) is 4.79 Å². The third-order valence-electron chi connectivity index (χ3n) is 4.74. The zero-order valence-corrected chi connectivity index (χ0v) is 11.0. The summed E-state index contributed by atoms with van der Waals surface area (Å²) in [6, 6.07) is 0. The fourth-order valence-corrected chi connectivity index (χ4v) is 3.56. The standard InChI is InChI=1S/C14H24O3/c1-3-17-12(15)11(2)4-5-13-6-8-14(16,10-13)9-7-13/h11,16H,3-10H2,1-2H3. The van der Waals surface area contributed by atoms with Crippen LogP contribution in [0, 0.1) is 11.3 Å². The molecule has 0 heterocycles.